The van der Waals surface area contributed by atoms with Crippen LogP contribution in [0, 0.1) is 0 Å². The minimum atomic E-state index is -0.284. The lowest BCUT2D eigenvalue weighted by Gasteiger charge is -2.34. The van der Waals surface area contributed by atoms with Gasteiger partial charge in [-0.25, -0.2) is 4.98 Å². The van der Waals surface area contributed by atoms with Crippen molar-refractivity contribution in [2.24, 2.45) is 0 Å². The van der Waals surface area contributed by atoms with Crippen LogP contribution in [0.2, 0.25) is 15.1 Å². The van der Waals surface area contributed by atoms with E-state index in [0.717, 1.165) is 42.9 Å². The fraction of sp³-hybridized carbons (Fsp3) is 0.333. The lowest BCUT2D eigenvalue weighted by Crippen LogP contribution is -2.45. The van der Waals surface area contributed by atoms with Crippen LogP contribution in [0.15, 0.2) is 40.8 Å². The molecule has 1 aliphatic heterocycles. The Labute approximate surface area is 183 Å². The number of hydrogen-bond acceptors (Lipinski definition) is 4. The Morgan fingerprint density at radius 3 is 2.59 bits per heavy atom. The highest BCUT2D eigenvalue weighted by molar-refractivity contribution is 6.35. The average Bonchev–Trinajstić information content (AvgIpc) is 3.13. The zero-order chi connectivity index (χ0) is 20.5. The zero-order valence-electron chi connectivity index (χ0n) is 15.8. The number of rotatable bonds is 4. The summed E-state index contributed by atoms with van der Waals surface area (Å²) in [5.74, 6) is 0.865. The number of hydrogen-bond donors (Lipinski definition) is 1. The monoisotopic (exact) mass is 451 g/mol. The molecule has 0 bridgehead atoms. The lowest BCUT2D eigenvalue weighted by molar-refractivity contribution is -0.121. The van der Waals surface area contributed by atoms with Gasteiger partial charge in [0.15, 0.2) is 11.5 Å². The molecule has 1 saturated heterocycles. The first-order valence-corrected chi connectivity index (χ1v) is 10.6. The molecule has 0 aliphatic carbocycles. The molecule has 0 radical (unpaired) electrons. The number of halogens is 3. The standard InChI is InChI=1S/C21H20Cl3N3O2/c1-12(20(28)25-17-10-14(22)2-4-16(17)24)27-8-6-13(7-9-27)21-26-18-11-15(23)3-5-19(18)29-21/h2-5,10-13H,6-9H2,1H3,(H,25,28)/t12-/m1/s1. The van der Waals surface area contributed by atoms with Gasteiger partial charge in [0.25, 0.3) is 0 Å². The maximum atomic E-state index is 12.7. The van der Waals surface area contributed by atoms with Crippen molar-refractivity contribution in [1.29, 1.82) is 0 Å². The van der Waals surface area contributed by atoms with Gasteiger partial charge < -0.3 is 9.73 Å². The normalized spacial score (nSPS) is 16.8. The number of amides is 1. The van der Waals surface area contributed by atoms with E-state index in [4.69, 9.17) is 39.2 Å². The third kappa shape index (κ3) is 4.53. The molecule has 2 aromatic carbocycles. The van der Waals surface area contributed by atoms with E-state index in [0.29, 0.717) is 20.8 Å². The molecule has 1 aliphatic rings. The van der Waals surface area contributed by atoms with Gasteiger partial charge in [0, 0.05) is 16.0 Å². The second-order valence-electron chi connectivity index (χ2n) is 7.26. The molecule has 152 valence electrons. The van der Waals surface area contributed by atoms with Gasteiger partial charge in [-0.15, -0.1) is 0 Å². The molecule has 8 heteroatoms. The van der Waals surface area contributed by atoms with Gasteiger partial charge in [-0.3, -0.25) is 9.69 Å². The molecule has 1 fully saturated rings. The number of anilines is 1. The number of oxazole rings is 1. The zero-order valence-corrected chi connectivity index (χ0v) is 18.1. The summed E-state index contributed by atoms with van der Waals surface area (Å²) in [7, 11) is 0. The van der Waals surface area contributed by atoms with E-state index in [2.05, 4.69) is 15.2 Å². The predicted octanol–water partition coefficient (Wildman–Crippen LogP) is 5.99. The van der Waals surface area contributed by atoms with Gasteiger partial charge >= 0.3 is 0 Å². The minimum absolute atomic E-state index is 0.107. The van der Waals surface area contributed by atoms with Crippen molar-refractivity contribution in [2.45, 2.75) is 31.7 Å². The molecular weight excluding hydrogens is 433 g/mol. The van der Waals surface area contributed by atoms with E-state index in [1.807, 2.05) is 19.1 Å². The topological polar surface area (TPSA) is 58.4 Å². The summed E-state index contributed by atoms with van der Waals surface area (Å²) >= 11 is 18.2. The van der Waals surface area contributed by atoms with Crippen molar-refractivity contribution < 1.29 is 9.21 Å². The van der Waals surface area contributed by atoms with Crippen LogP contribution >= 0.6 is 34.8 Å². The quantitative estimate of drug-likeness (QED) is 0.528. The summed E-state index contributed by atoms with van der Waals surface area (Å²) in [4.78, 5) is 19.4. The molecule has 5 nitrogen and oxygen atoms in total. The van der Waals surface area contributed by atoms with Crippen molar-refractivity contribution in [2.75, 3.05) is 18.4 Å². The van der Waals surface area contributed by atoms with Crippen LogP contribution in [-0.2, 0) is 4.79 Å². The Morgan fingerprint density at radius 2 is 1.83 bits per heavy atom. The molecule has 1 amide bonds. The highest BCUT2D eigenvalue weighted by Crippen LogP contribution is 2.32. The van der Waals surface area contributed by atoms with Gasteiger partial charge in [-0.2, -0.15) is 0 Å². The second-order valence-corrected chi connectivity index (χ2v) is 8.54. The molecule has 2 heterocycles. The van der Waals surface area contributed by atoms with Crippen LogP contribution in [0.1, 0.15) is 31.6 Å². The van der Waals surface area contributed by atoms with Crippen molar-refractivity contribution in [3.63, 3.8) is 0 Å². The van der Waals surface area contributed by atoms with Gasteiger partial charge in [0.05, 0.1) is 16.8 Å². The fourth-order valence-corrected chi connectivity index (χ4v) is 4.13. The molecule has 0 spiro atoms. The summed E-state index contributed by atoms with van der Waals surface area (Å²) < 4.78 is 5.91. The van der Waals surface area contributed by atoms with Crippen LogP contribution in [0.25, 0.3) is 11.1 Å². The summed E-state index contributed by atoms with van der Waals surface area (Å²) in [5.41, 5.74) is 2.05. The van der Waals surface area contributed by atoms with Gasteiger partial charge in [0.1, 0.15) is 5.52 Å². The highest BCUT2D eigenvalue weighted by Gasteiger charge is 2.29. The van der Waals surface area contributed by atoms with E-state index >= 15 is 0 Å². The van der Waals surface area contributed by atoms with Crippen LogP contribution < -0.4 is 5.32 Å². The third-order valence-electron chi connectivity index (χ3n) is 5.36. The van der Waals surface area contributed by atoms with Gasteiger partial charge in [-0.1, -0.05) is 34.8 Å². The van der Waals surface area contributed by atoms with Crippen molar-refractivity contribution in [1.82, 2.24) is 9.88 Å². The number of nitrogens with one attached hydrogen (secondary N) is 1. The molecule has 3 aromatic rings. The molecular formula is C21H20Cl3N3O2. The van der Waals surface area contributed by atoms with E-state index < -0.39 is 0 Å². The molecule has 1 N–H and O–H groups in total. The maximum absolute atomic E-state index is 12.7. The van der Waals surface area contributed by atoms with E-state index in [1.54, 1.807) is 24.3 Å². The molecule has 4 rings (SSSR count). The third-order valence-corrected chi connectivity index (χ3v) is 6.16. The fourth-order valence-electron chi connectivity index (χ4n) is 3.62. The Hall–Kier alpha value is -1.79. The Balaban J connectivity index is 1.38. The summed E-state index contributed by atoms with van der Waals surface area (Å²) in [6, 6.07) is 10.2. The Bertz CT molecular complexity index is 1040. The van der Waals surface area contributed by atoms with Crippen LogP contribution in [0.4, 0.5) is 5.69 Å². The van der Waals surface area contributed by atoms with Crippen LogP contribution in [0.5, 0.6) is 0 Å². The summed E-state index contributed by atoms with van der Waals surface area (Å²) in [5, 5.41) is 4.51. The lowest BCUT2D eigenvalue weighted by atomic mass is 9.95. The molecule has 1 atom stereocenters. The minimum Gasteiger partial charge on any atom is -0.440 e. The van der Waals surface area contributed by atoms with Crippen molar-refractivity contribution in [3.05, 3.63) is 57.4 Å². The van der Waals surface area contributed by atoms with Gasteiger partial charge in [-0.05, 0) is 69.3 Å². The first kappa shape index (κ1) is 20.5. The SMILES string of the molecule is C[C@H](C(=O)Nc1cc(Cl)ccc1Cl)N1CCC(c2nc3cc(Cl)ccc3o2)CC1. The molecule has 0 saturated carbocycles. The Kier molecular flexibility index (Phi) is 6.02. The summed E-state index contributed by atoms with van der Waals surface area (Å²) in [6.07, 6.45) is 1.74. The number of carbonyl (C=O) groups is 1. The number of aromatic nitrogens is 1. The summed E-state index contributed by atoms with van der Waals surface area (Å²) in [6.45, 7) is 3.46. The van der Waals surface area contributed by atoms with E-state index in [1.165, 1.54) is 0 Å². The number of nitrogens with zero attached hydrogens (tertiary/aromatic N) is 2. The first-order chi connectivity index (χ1) is 13.9. The van der Waals surface area contributed by atoms with Crippen LogP contribution in [-0.4, -0.2) is 34.9 Å². The number of fused-ring (bicyclic) bond motifs is 1. The largest absolute Gasteiger partial charge is 0.440 e. The van der Waals surface area contributed by atoms with Crippen molar-refractivity contribution >= 4 is 57.5 Å². The number of carbonyl (C=O) groups excluding carboxylic acids is 1. The molecule has 0 unspecified atom stereocenters. The maximum Gasteiger partial charge on any atom is 0.241 e. The Morgan fingerprint density at radius 1 is 1.14 bits per heavy atom. The average molecular weight is 453 g/mol. The molecule has 1 aromatic heterocycles. The molecule has 29 heavy (non-hydrogen) atoms. The second kappa shape index (κ2) is 8.52. The van der Waals surface area contributed by atoms with Crippen LogP contribution in [0.3, 0.4) is 0 Å². The number of likely N-dealkylation sites (tertiary alicyclic amines) is 1. The smallest absolute Gasteiger partial charge is 0.241 e. The van der Waals surface area contributed by atoms with E-state index in [-0.39, 0.29) is 17.9 Å². The predicted molar refractivity (Wildman–Crippen MR) is 117 cm³/mol. The number of piperidine rings is 1. The van der Waals surface area contributed by atoms with Gasteiger partial charge in [0.2, 0.25) is 5.91 Å². The van der Waals surface area contributed by atoms with E-state index in [9.17, 15) is 4.79 Å². The first-order valence-electron chi connectivity index (χ1n) is 9.46. The van der Waals surface area contributed by atoms with Crippen molar-refractivity contribution in [3.8, 4) is 0 Å². The number of benzene rings is 2. The highest BCUT2D eigenvalue weighted by atomic mass is 35.5.